The monoisotopic (exact) mass is 282 g/mol. The molecule has 2 unspecified atom stereocenters. The van der Waals surface area contributed by atoms with Gasteiger partial charge in [0.1, 0.15) is 0 Å². The Balaban J connectivity index is 2.65. The van der Waals surface area contributed by atoms with Crippen LogP contribution in [0, 0.1) is 11.7 Å². The molecule has 0 aliphatic rings. The van der Waals surface area contributed by atoms with Gasteiger partial charge in [-0.15, -0.1) is 0 Å². The summed E-state index contributed by atoms with van der Waals surface area (Å²) >= 11 is 0. The molecule has 0 aromatic heterocycles. The molecule has 0 heterocycles. The van der Waals surface area contributed by atoms with Crippen LogP contribution < -0.4 is 15.8 Å². The van der Waals surface area contributed by atoms with Crippen LogP contribution in [-0.2, 0) is 4.79 Å². The van der Waals surface area contributed by atoms with Crippen LogP contribution in [0.2, 0.25) is 0 Å². The molecule has 4 nitrogen and oxygen atoms in total. The van der Waals surface area contributed by atoms with E-state index < -0.39 is 17.6 Å². The average molecular weight is 282 g/mol. The van der Waals surface area contributed by atoms with Gasteiger partial charge in [-0.05, 0) is 37.6 Å². The Morgan fingerprint density at radius 2 is 2.15 bits per heavy atom. The summed E-state index contributed by atoms with van der Waals surface area (Å²) in [6.07, 6.45) is 1.03. The molecule has 0 saturated carbocycles. The molecule has 1 rings (SSSR count). The molecule has 0 radical (unpaired) electrons. The fourth-order valence-electron chi connectivity index (χ4n) is 1.68. The van der Waals surface area contributed by atoms with Crippen molar-refractivity contribution in [2.75, 3.05) is 13.2 Å². The fourth-order valence-corrected chi connectivity index (χ4v) is 1.68. The Morgan fingerprint density at radius 1 is 1.45 bits per heavy atom. The Labute approximate surface area is 119 Å². The number of nitrogens with one attached hydrogen (secondary N) is 1. The van der Waals surface area contributed by atoms with Gasteiger partial charge in [0.15, 0.2) is 11.6 Å². The molecular weight excluding hydrogens is 259 g/mol. The second-order valence-electron chi connectivity index (χ2n) is 4.98. The first-order chi connectivity index (χ1) is 9.45. The van der Waals surface area contributed by atoms with Crippen molar-refractivity contribution in [3.63, 3.8) is 0 Å². The number of hydrogen-bond acceptors (Lipinski definition) is 3. The molecule has 5 heteroatoms. The SMILES string of the molecule is CCCNC(C)c1ccc(OCC(C)C(N)=O)c(F)c1. The lowest BCUT2D eigenvalue weighted by atomic mass is 10.1. The predicted octanol–water partition coefficient (Wildman–Crippen LogP) is 2.39. The lowest BCUT2D eigenvalue weighted by Crippen LogP contribution is -2.26. The van der Waals surface area contributed by atoms with Crippen LogP contribution in [0.5, 0.6) is 5.75 Å². The third-order valence-corrected chi connectivity index (χ3v) is 3.13. The van der Waals surface area contributed by atoms with Crippen molar-refractivity contribution in [3.05, 3.63) is 29.6 Å². The van der Waals surface area contributed by atoms with Gasteiger partial charge in [-0.3, -0.25) is 4.79 Å². The molecule has 20 heavy (non-hydrogen) atoms. The van der Waals surface area contributed by atoms with E-state index in [1.807, 2.05) is 13.0 Å². The zero-order chi connectivity index (χ0) is 15.1. The third-order valence-electron chi connectivity index (χ3n) is 3.13. The molecule has 0 saturated heterocycles. The Morgan fingerprint density at radius 3 is 2.70 bits per heavy atom. The number of ether oxygens (including phenoxy) is 1. The number of benzene rings is 1. The van der Waals surface area contributed by atoms with Crippen LogP contribution in [0.4, 0.5) is 4.39 Å². The van der Waals surface area contributed by atoms with Crippen LogP contribution in [0.15, 0.2) is 18.2 Å². The summed E-state index contributed by atoms with van der Waals surface area (Å²) in [6, 6.07) is 4.95. The number of amides is 1. The Kier molecular flexibility index (Phi) is 6.45. The molecule has 3 N–H and O–H groups in total. The van der Waals surface area contributed by atoms with Crippen LogP contribution >= 0.6 is 0 Å². The lowest BCUT2D eigenvalue weighted by molar-refractivity contribution is -0.122. The molecule has 0 fully saturated rings. The quantitative estimate of drug-likeness (QED) is 0.769. The van der Waals surface area contributed by atoms with E-state index in [0.29, 0.717) is 0 Å². The molecular formula is C15H23FN2O2. The second-order valence-corrected chi connectivity index (χ2v) is 4.98. The van der Waals surface area contributed by atoms with E-state index in [9.17, 15) is 9.18 Å². The second kappa shape index (κ2) is 7.85. The normalized spacial score (nSPS) is 13.8. The predicted molar refractivity (Wildman–Crippen MR) is 77.0 cm³/mol. The van der Waals surface area contributed by atoms with Crippen LogP contribution in [-0.4, -0.2) is 19.1 Å². The first-order valence-corrected chi connectivity index (χ1v) is 6.90. The summed E-state index contributed by atoms with van der Waals surface area (Å²) in [6.45, 7) is 6.68. The van der Waals surface area contributed by atoms with Crippen molar-refractivity contribution >= 4 is 5.91 Å². The van der Waals surface area contributed by atoms with Crippen LogP contribution in [0.1, 0.15) is 38.8 Å². The number of carbonyl (C=O) groups is 1. The molecule has 0 bridgehead atoms. The minimum absolute atomic E-state index is 0.0786. The van der Waals surface area contributed by atoms with Gasteiger partial charge in [0.25, 0.3) is 0 Å². The topological polar surface area (TPSA) is 64.3 Å². The molecule has 2 atom stereocenters. The smallest absolute Gasteiger partial charge is 0.223 e. The summed E-state index contributed by atoms with van der Waals surface area (Å²) in [5.74, 6) is -1.19. The number of hydrogen-bond donors (Lipinski definition) is 2. The standard InChI is InChI=1S/C15H23FN2O2/c1-4-7-18-11(3)12-5-6-14(13(16)8-12)20-9-10(2)15(17)19/h5-6,8,10-11,18H,4,7,9H2,1-3H3,(H2,17,19). The molecule has 112 valence electrons. The highest BCUT2D eigenvalue weighted by Gasteiger charge is 2.13. The first-order valence-electron chi connectivity index (χ1n) is 6.90. The third kappa shape index (κ3) is 4.81. The molecule has 1 aromatic carbocycles. The fraction of sp³-hybridized carbons (Fsp3) is 0.533. The first kappa shape index (κ1) is 16.4. The van der Waals surface area contributed by atoms with E-state index >= 15 is 0 Å². The number of nitrogens with two attached hydrogens (primary N) is 1. The Bertz CT molecular complexity index is 451. The van der Waals surface area contributed by atoms with Gasteiger partial charge in [0.05, 0.1) is 12.5 Å². The van der Waals surface area contributed by atoms with Crippen molar-refractivity contribution in [3.8, 4) is 5.75 Å². The van der Waals surface area contributed by atoms with E-state index in [1.54, 1.807) is 13.0 Å². The largest absolute Gasteiger partial charge is 0.490 e. The van der Waals surface area contributed by atoms with Crippen molar-refractivity contribution in [2.24, 2.45) is 11.7 Å². The van der Waals surface area contributed by atoms with E-state index in [4.69, 9.17) is 10.5 Å². The minimum Gasteiger partial charge on any atom is -0.490 e. The number of halogens is 1. The molecule has 0 spiro atoms. The Hall–Kier alpha value is -1.62. The van der Waals surface area contributed by atoms with Gasteiger partial charge < -0.3 is 15.8 Å². The van der Waals surface area contributed by atoms with Gasteiger partial charge in [0.2, 0.25) is 5.91 Å². The van der Waals surface area contributed by atoms with Gasteiger partial charge in [-0.2, -0.15) is 0 Å². The zero-order valence-corrected chi connectivity index (χ0v) is 12.3. The van der Waals surface area contributed by atoms with E-state index in [0.717, 1.165) is 18.5 Å². The summed E-state index contributed by atoms with van der Waals surface area (Å²) in [7, 11) is 0. The summed E-state index contributed by atoms with van der Waals surface area (Å²) in [4.78, 5) is 10.9. The maximum atomic E-state index is 13.9. The molecule has 0 aliphatic heterocycles. The van der Waals surface area contributed by atoms with Crippen molar-refractivity contribution in [1.29, 1.82) is 0 Å². The zero-order valence-electron chi connectivity index (χ0n) is 12.3. The highest BCUT2D eigenvalue weighted by atomic mass is 19.1. The minimum atomic E-state index is -0.459. The van der Waals surface area contributed by atoms with Crippen molar-refractivity contribution in [2.45, 2.75) is 33.2 Å². The number of primary amides is 1. The highest BCUT2D eigenvalue weighted by molar-refractivity contribution is 5.76. The molecule has 0 aliphatic carbocycles. The van der Waals surface area contributed by atoms with E-state index in [2.05, 4.69) is 12.2 Å². The number of carbonyl (C=O) groups excluding carboxylic acids is 1. The van der Waals surface area contributed by atoms with Gasteiger partial charge in [0, 0.05) is 6.04 Å². The van der Waals surface area contributed by atoms with Gasteiger partial charge in [-0.1, -0.05) is 19.9 Å². The van der Waals surface area contributed by atoms with Crippen LogP contribution in [0.3, 0.4) is 0 Å². The lowest BCUT2D eigenvalue weighted by Gasteiger charge is -2.15. The maximum Gasteiger partial charge on any atom is 0.223 e. The van der Waals surface area contributed by atoms with E-state index in [1.165, 1.54) is 6.07 Å². The summed E-state index contributed by atoms with van der Waals surface area (Å²) in [5.41, 5.74) is 5.99. The highest BCUT2D eigenvalue weighted by Crippen LogP contribution is 2.22. The van der Waals surface area contributed by atoms with Crippen LogP contribution in [0.25, 0.3) is 0 Å². The number of rotatable bonds is 8. The van der Waals surface area contributed by atoms with E-state index in [-0.39, 0.29) is 18.4 Å². The summed E-state index contributed by atoms with van der Waals surface area (Å²) < 4.78 is 19.2. The summed E-state index contributed by atoms with van der Waals surface area (Å²) in [5, 5.41) is 3.29. The maximum absolute atomic E-state index is 13.9. The molecule has 1 amide bonds. The van der Waals surface area contributed by atoms with Crippen molar-refractivity contribution in [1.82, 2.24) is 5.32 Å². The average Bonchev–Trinajstić information content (AvgIpc) is 2.42. The molecule has 1 aromatic rings. The van der Waals surface area contributed by atoms with Gasteiger partial charge >= 0.3 is 0 Å². The van der Waals surface area contributed by atoms with Gasteiger partial charge in [-0.25, -0.2) is 4.39 Å². The van der Waals surface area contributed by atoms with Crippen molar-refractivity contribution < 1.29 is 13.9 Å².